The molecular weight excluding hydrogens is 470 g/mol. The zero-order chi connectivity index (χ0) is 24.7. The number of para-hydroxylation sites is 1. The Morgan fingerprint density at radius 3 is 2.54 bits per heavy atom. The predicted molar refractivity (Wildman–Crippen MR) is 132 cm³/mol. The molecule has 1 amide bonds. The molecule has 5 rings (SSSR count). The summed E-state index contributed by atoms with van der Waals surface area (Å²) in [5.74, 6) is -1.38. The molecule has 0 aliphatic heterocycles. The zero-order valence-electron chi connectivity index (χ0n) is 19.1. The Kier molecular flexibility index (Phi) is 6.10. The first-order valence-corrected chi connectivity index (χ1v) is 12.4. The van der Waals surface area contributed by atoms with Crippen LogP contribution in [0.2, 0.25) is 0 Å². The van der Waals surface area contributed by atoms with Crippen LogP contribution in [0.1, 0.15) is 28.8 Å². The number of amides is 1. The fourth-order valence-electron chi connectivity index (χ4n) is 3.99. The van der Waals surface area contributed by atoms with Gasteiger partial charge in [0.25, 0.3) is 11.5 Å². The summed E-state index contributed by atoms with van der Waals surface area (Å²) in [4.78, 5) is 34.7. The maximum Gasteiger partial charge on any atom is 0.256 e. The summed E-state index contributed by atoms with van der Waals surface area (Å²) < 4.78 is 30.3. The fraction of sp³-hybridized carbons (Fsp3) is 0.231. The summed E-state index contributed by atoms with van der Waals surface area (Å²) in [6, 6.07) is 11.5. The lowest BCUT2D eigenvalue weighted by molar-refractivity contribution is 0.0952. The van der Waals surface area contributed by atoms with Crippen LogP contribution < -0.4 is 10.9 Å². The second-order valence-electron chi connectivity index (χ2n) is 8.56. The van der Waals surface area contributed by atoms with Gasteiger partial charge >= 0.3 is 0 Å². The molecule has 4 aromatic rings. The van der Waals surface area contributed by atoms with Crippen molar-refractivity contribution in [3.8, 4) is 16.9 Å². The molecule has 2 aromatic heterocycles. The van der Waals surface area contributed by atoms with Gasteiger partial charge in [0.2, 0.25) is 0 Å². The number of carbonyl (C=O) groups excluding carboxylic acids is 1. The van der Waals surface area contributed by atoms with Crippen molar-refractivity contribution in [1.29, 1.82) is 0 Å². The Morgan fingerprint density at radius 1 is 1.11 bits per heavy atom. The Morgan fingerprint density at radius 2 is 1.86 bits per heavy atom. The average molecular weight is 493 g/mol. The minimum atomic E-state index is -0.879. The van der Waals surface area contributed by atoms with Crippen molar-refractivity contribution in [3.63, 3.8) is 0 Å². The van der Waals surface area contributed by atoms with E-state index in [1.165, 1.54) is 23.9 Å². The van der Waals surface area contributed by atoms with Gasteiger partial charge in [-0.1, -0.05) is 23.9 Å². The van der Waals surface area contributed by atoms with E-state index in [1.807, 2.05) is 13.0 Å². The number of hydrogen-bond donors (Lipinski definition) is 1. The van der Waals surface area contributed by atoms with E-state index in [-0.39, 0.29) is 11.6 Å². The largest absolute Gasteiger partial charge is 0.352 e. The van der Waals surface area contributed by atoms with Crippen molar-refractivity contribution in [2.75, 3.05) is 12.8 Å². The Balaban J connectivity index is 1.73. The molecule has 6 nitrogen and oxygen atoms in total. The molecule has 0 spiro atoms. The van der Waals surface area contributed by atoms with E-state index in [9.17, 15) is 18.4 Å². The molecule has 0 saturated heterocycles. The summed E-state index contributed by atoms with van der Waals surface area (Å²) in [5.41, 5.74) is 1.44. The number of hydrogen-bond acceptors (Lipinski definition) is 5. The van der Waals surface area contributed by atoms with E-state index in [2.05, 4.69) is 15.3 Å². The van der Waals surface area contributed by atoms with Gasteiger partial charge < -0.3 is 5.32 Å². The van der Waals surface area contributed by atoms with Crippen molar-refractivity contribution in [1.82, 2.24) is 19.9 Å². The van der Waals surface area contributed by atoms with Crippen LogP contribution in [0.5, 0.6) is 0 Å². The van der Waals surface area contributed by atoms with Crippen LogP contribution in [0, 0.1) is 24.5 Å². The Hall–Kier alpha value is -3.59. The predicted octanol–water partition coefficient (Wildman–Crippen LogP) is 4.90. The second-order valence-corrected chi connectivity index (χ2v) is 9.33. The summed E-state index contributed by atoms with van der Waals surface area (Å²) >= 11 is 1.24. The SMILES string of the molecule is CSc1nc(-c2cc(C(=O)NCC3CC3)ccc2C)c2ccc(=O)n(-c3c(F)cccc3F)c2n1. The van der Waals surface area contributed by atoms with Crippen molar-refractivity contribution < 1.29 is 13.6 Å². The molecule has 35 heavy (non-hydrogen) atoms. The molecule has 1 aliphatic carbocycles. The average Bonchev–Trinajstić information content (AvgIpc) is 3.68. The van der Waals surface area contributed by atoms with Crippen LogP contribution in [0.4, 0.5) is 8.78 Å². The van der Waals surface area contributed by atoms with Crippen molar-refractivity contribution >= 4 is 28.7 Å². The van der Waals surface area contributed by atoms with E-state index in [0.29, 0.717) is 39.8 Å². The Bertz CT molecular complexity index is 1510. The summed E-state index contributed by atoms with van der Waals surface area (Å²) in [6.45, 7) is 2.54. The third-order valence-electron chi connectivity index (χ3n) is 6.08. The molecule has 178 valence electrons. The number of nitrogens with zero attached hydrogens (tertiary/aromatic N) is 3. The molecular formula is C26H22F2N4O2S. The first kappa shape index (κ1) is 23.2. The Labute approximate surface area is 204 Å². The van der Waals surface area contributed by atoms with Crippen LogP contribution in [0.25, 0.3) is 28.0 Å². The van der Waals surface area contributed by atoms with Crippen molar-refractivity contribution in [2.45, 2.75) is 24.9 Å². The number of rotatable bonds is 6. The first-order valence-electron chi connectivity index (χ1n) is 11.2. The lowest BCUT2D eigenvalue weighted by Crippen LogP contribution is -2.25. The smallest absolute Gasteiger partial charge is 0.256 e. The van der Waals surface area contributed by atoms with E-state index in [0.717, 1.165) is 35.1 Å². The molecule has 2 heterocycles. The first-order chi connectivity index (χ1) is 16.9. The summed E-state index contributed by atoms with van der Waals surface area (Å²) in [7, 11) is 0. The van der Waals surface area contributed by atoms with E-state index >= 15 is 0 Å². The van der Waals surface area contributed by atoms with Gasteiger partial charge in [-0.25, -0.2) is 18.7 Å². The minimum absolute atomic E-state index is 0.0823. The van der Waals surface area contributed by atoms with Crippen LogP contribution in [0.15, 0.2) is 58.5 Å². The quantitative estimate of drug-likeness (QED) is 0.306. The topological polar surface area (TPSA) is 76.9 Å². The number of benzene rings is 2. The maximum atomic E-state index is 14.7. The molecule has 9 heteroatoms. The van der Waals surface area contributed by atoms with Gasteiger partial charge in [-0.3, -0.25) is 14.2 Å². The van der Waals surface area contributed by atoms with Crippen LogP contribution in [-0.2, 0) is 0 Å². The van der Waals surface area contributed by atoms with Crippen LogP contribution in [0.3, 0.4) is 0 Å². The molecule has 2 aromatic carbocycles. The van der Waals surface area contributed by atoms with Gasteiger partial charge in [-0.05, 0) is 67.8 Å². The van der Waals surface area contributed by atoms with Gasteiger partial charge in [0.05, 0.1) is 5.69 Å². The highest BCUT2D eigenvalue weighted by Gasteiger charge is 2.23. The van der Waals surface area contributed by atoms with Crippen LogP contribution in [-0.4, -0.2) is 33.2 Å². The second kappa shape index (κ2) is 9.22. The minimum Gasteiger partial charge on any atom is -0.352 e. The highest BCUT2D eigenvalue weighted by molar-refractivity contribution is 7.98. The molecule has 0 atom stereocenters. The number of carbonyl (C=O) groups is 1. The van der Waals surface area contributed by atoms with Gasteiger partial charge in [-0.2, -0.15) is 0 Å². The molecule has 0 bridgehead atoms. The van der Waals surface area contributed by atoms with E-state index < -0.39 is 22.9 Å². The normalized spacial score (nSPS) is 13.3. The lowest BCUT2D eigenvalue weighted by atomic mass is 9.99. The van der Waals surface area contributed by atoms with Gasteiger partial charge in [0, 0.05) is 29.1 Å². The number of thioether (sulfide) groups is 1. The van der Waals surface area contributed by atoms with Crippen molar-refractivity contribution in [2.24, 2.45) is 5.92 Å². The van der Waals surface area contributed by atoms with Gasteiger partial charge in [-0.15, -0.1) is 0 Å². The third-order valence-corrected chi connectivity index (χ3v) is 6.62. The molecule has 0 unspecified atom stereocenters. The maximum absolute atomic E-state index is 14.7. The standard InChI is InChI=1S/C26H22F2N4O2S/c1-14-6-9-16(25(34)29-13-15-7-8-15)12-18(14)22-17-10-11-21(33)32(24(17)31-26(30-22)35-2)23-19(27)4-3-5-20(23)28/h3-6,9-12,15H,7-8,13H2,1-2H3,(H,29,34). The number of halogens is 2. The lowest BCUT2D eigenvalue weighted by Gasteiger charge is -2.15. The van der Waals surface area contributed by atoms with E-state index in [1.54, 1.807) is 24.5 Å². The van der Waals surface area contributed by atoms with Gasteiger partial charge in [0.15, 0.2) is 10.8 Å². The molecule has 1 aliphatic rings. The third kappa shape index (κ3) is 4.43. The van der Waals surface area contributed by atoms with Crippen molar-refractivity contribution in [3.05, 3.63) is 81.6 Å². The zero-order valence-corrected chi connectivity index (χ0v) is 20.0. The number of fused-ring (bicyclic) bond motifs is 1. The van der Waals surface area contributed by atoms with Gasteiger partial charge in [0.1, 0.15) is 17.3 Å². The number of aromatic nitrogens is 3. The fourth-order valence-corrected chi connectivity index (χ4v) is 4.35. The summed E-state index contributed by atoms with van der Waals surface area (Å²) in [5, 5.41) is 3.72. The summed E-state index contributed by atoms with van der Waals surface area (Å²) in [6.07, 6.45) is 4.04. The molecule has 1 N–H and O–H groups in total. The highest BCUT2D eigenvalue weighted by Crippen LogP contribution is 2.32. The number of nitrogens with one attached hydrogen (secondary N) is 1. The number of pyridine rings is 1. The number of aryl methyl sites for hydroxylation is 1. The monoisotopic (exact) mass is 492 g/mol. The highest BCUT2D eigenvalue weighted by atomic mass is 32.2. The van der Waals surface area contributed by atoms with Crippen LogP contribution >= 0.6 is 11.8 Å². The molecule has 1 saturated carbocycles. The molecule has 1 fully saturated rings. The molecule has 0 radical (unpaired) electrons. The van der Waals surface area contributed by atoms with E-state index in [4.69, 9.17) is 0 Å².